The predicted molar refractivity (Wildman–Crippen MR) is 124 cm³/mol. The van der Waals surface area contributed by atoms with Crippen LogP contribution in [0.2, 0.25) is 0 Å². The molecule has 4 N–H and O–H groups in total. The maximum atomic E-state index is 13.4. The molecular weight excluding hydrogens is 441 g/mol. The smallest absolute Gasteiger partial charge is 0.195 e. The van der Waals surface area contributed by atoms with Crippen LogP contribution < -0.4 is 10.3 Å². The molecule has 0 bridgehead atoms. The van der Waals surface area contributed by atoms with Crippen molar-refractivity contribution in [3.63, 3.8) is 0 Å². The molecule has 0 atom stereocenters. The highest BCUT2D eigenvalue weighted by Gasteiger charge is 2.27. The molecule has 140 valence electrons. The molecule has 0 aliphatic carbocycles. The van der Waals surface area contributed by atoms with Crippen molar-refractivity contribution < 1.29 is 4.79 Å². The predicted octanol–water partition coefficient (Wildman–Crippen LogP) is 5.74. The second kappa shape index (κ2) is 10.6. The van der Waals surface area contributed by atoms with Gasteiger partial charge in [-0.2, -0.15) is 0 Å². The minimum absolute atomic E-state index is 0.0337. The Morgan fingerprint density at radius 3 is 1.50 bits per heavy atom. The molecule has 0 amide bonds. The molecular formula is C17H20N2OS6. The minimum Gasteiger partial charge on any atom is -0.289 e. The van der Waals surface area contributed by atoms with Crippen molar-refractivity contribution in [1.82, 2.24) is 0 Å². The summed E-state index contributed by atoms with van der Waals surface area (Å²) in [5.74, 6) is 0.0337. The second-order valence-electron chi connectivity index (χ2n) is 4.93. The van der Waals surface area contributed by atoms with E-state index in [9.17, 15) is 4.79 Å². The quantitative estimate of drug-likeness (QED) is 0.291. The first-order valence-electron chi connectivity index (χ1n) is 7.35. The van der Waals surface area contributed by atoms with Gasteiger partial charge in [0, 0.05) is 30.0 Å². The molecule has 0 aromatic heterocycles. The van der Waals surface area contributed by atoms with Crippen LogP contribution in [0.1, 0.15) is 15.9 Å². The lowest BCUT2D eigenvalue weighted by molar-refractivity contribution is 0.103. The first-order chi connectivity index (χ1) is 12.6. The van der Waals surface area contributed by atoms with Crippen LogP contribution in [0.25, 0.3) is 0 Å². The normalized spacial score (nSPS) is 11.0. The third-order valence-electron chi connectivity index (χ3n) is 3.69. The molecule has 2 aromatic carbocycles. The zero-order valence-corrected chi connectivity index (χ0v) is 19.7. The van der Waals surface area contributed by atoms with E-state index in [1.807, 2.05) is 49.3 Å². The fourth-order valence-corrected chi connectivity index (χ4v) is 7.82. The van der Waals surface area contributed by atoms with Gasteiger partial charge in [0.1, 0.15) is 0 Å². The molecule has 0 fully saturated rings. The van der Waals surface area contributed by atoms with Gasteiger partial charge in [0.25, 0.3) is 0 Å². The Kier molecular flexibility index (Phi) is 9.15. The van der Waals surface area contributed by atoms with Gasteiger partial charge in [0.05, 0.1) is 10.5 Å². The largest absolute Gasteiger partial charge is 0.289 e. The summed E-state index contributed by atoms with van der Waals surface area (Å²) in [7, 11) is 0. The van der Waals surface area contributed by atoms with E-state index in [0.29, 0.717) is 5.56 Å². The summed E-state index contributed by atoms with van der Waals surface area (Å²) in [4.78, 5) is 19.5. The number of benzene rings is 2. The van der Waals surface area contributed by atoms with Gasteiger partial charge in [-0.3, -0.25) is 15.1 Å². The Morgan fingerprint density at radius 1 is 0.692 bits per heavy atom. The Bertz CT molecular complexity index is 762. The minimum atomic E-state index is 0.0337. The first-order valence-corrected chi connectivity index (χ1v) is 14.0. The lowest BCUT2D eigenvalue weighted by atomic mass is 10.0. The van der Waals surface area contributed by atoms with E-state index in [2.05, 4.69) is 0 Å². The van der Waals surface area contributed by atoms with Crippen LogP contribution in [0.4, 0.5) is 0 Å². The maximum absolute atomic E-state index is 13.4. The van der Waals surface area contributed by atoms with E-state index in [1.165, 1.54) is 23.9 Å². The number of carbonyl (C=O) groups excluding carboxylic acids is 1. The third kappa shape index (κ3) is 4.41. The van der Waals surface area contributed by atoms with Gasteiger partial charge in [0.2, 0.25) is 0 Å². The van der Waals surface area contributed by atoms with Gasteiger partial charge in [-0.05, 0) is 73.2 Å². The fraction of sp³-hybridized carbons (Fsp3) is 0.235. The number of thioether (sulfide) groups is 4. The van der Waals surface area contributed by atoms with Crippen LogP contribution in [-0.2, 0) is 0 Å². The molecule has 0 saturated carbocycles. The molecule has 2 rings (SSSR count). The molecule has 0 aliphatic rings. The summed E-state index contributed by atoms with van der Waals surface area (Å²) in [5, 5.41) is 11.6. The summed E-state index contributed by atoms with van der Waals surface area (Å²) in [6.07, 6.45) is 8.07. The van der Waals surface area contributed by atoms with E-state index in [-0.39, 0.29) is 5.78 Å². The Balaban J connectivity index is 2.77. The Hall–Kier alpha value is 0.130. The number of ketones is 1. The molecule has 0 aliphatic heterocycles. The van der Waals surface area contributed by atoms with Gasteiger partial charge in [0.15, 0.2) is 5.78 Å². The average Bonchev–Trinajstić information content (AvgIpc) is 2.70. The lowest BCUT2D eigenvalue weighted by Crippen LogP contribution is -2.09. The van der Waals surface area contributed by atoms with Crippen LogP contribution in [-0.4, -0.2) is 30.8 Å². The van der Waals surface area contributed by atoms with Crippen molar-refractivity contribution in [3.05, 3.63) is 35.4 Å². The van der Waals surface area contributed by atoms with E-state index >= 15 is 0 Å². The Morgan fingerprint density at radius 2 is 1.15 bits per heavy atom. The molecule has 0 unspecified atom stereocenters. The summed E-state index contributed by atoms with van der Waals surface area (Å²) in [6, 6.07) is 7.44. The summed E-state index contributed by atoms with van der Waals surface area (Å²) >= 11 is 8.90. The van der Waals surface area contributed by atoms with Crippen LogP contribution in [0, 0.1) is 0 Å². The van der Waals surface area contributed by atoms with E-state index in [4.69, 9.17) is 10.3 Å². The average molecular weight is 461 g/mol. The number of rotatable bonds is 8. The molecule has 26 heavy (non-hydrogen) atoms. The zero-order chi connectivity index (χ0) is 19.3. The number of hydrogen-bond acceptors (Lipinski definition) is 9. The highest BCUT2D eigenvalue weighted by Crippen LogP contribution is 2.48. The van der Waals surface area contributed by atoms with Gasteiger partial charge in [-0.15, -0.1) is 47.0 Å². The van der Waals surface area contributed by atoms with E-state index in [1.54, 1.807) is 47.0 Å². The van der Waals surface area contributed by atoms with Crippen LogP contribution in [0.15, 0.2) is 53.6 Å². The molecule has 0 radical (unpaired) electrons. The van der Waals surface area contributed by atoms with Crippen LogP contribution >= 0.6 is 70.9 Å². The monoisotopic (exact) mass is 460 g/mol. The second-order valence-corrected chi connectivity index (χ2v) is 9.54. The van der Waals surface area contributed by atoms with Gasteiger partial charge >= 0.3 is 0 Å². The standard InChI is InChI=1S/C17H20N2OS6/c1-21-13-11(12(20)9-5-7-10(25-18)8-6-9)14(22-2)16(24-4)17(26-19)15(13)23-3/h5-8H,18-19H2,1-4H3. The van der Waals surface area contributed by atoms with Crippen molar-refractivity contribution in [2.24, 2.45) is 10.3 Å². The highest BCUT2D eigenvalue weighted by atomic mass is 32.2. The lowest BCUT2D eigenvalue weighted by Gasteiger charge is -2.21. The molecule has 0 spiro atoms. The van der Waals surface area contributed by atoms with Gasteiger partial charge < -0.3 is 0 Å². The molecule has 3 nitrogen and oxygen atoms in total. The third-order valence-corrected chi connectivity index (χ3v) is 8.66. The van der Waals surface area contributed by atoms with Crippen molar-refractivity contribution in [3.8, 4) is 0 Å². The van der Waals surface area contributed by atoms with Crippen LogP contribution in [0.3, 0.4) is 0 Å². The van der Waals surface area contributed by atoms with Gasteiger partial charge in [-0.1, -0.05) is 0 Å². The number of carbonyl (C=O) groups is 1. The summed E-state index contributed by atoms with van der Waals surface area (Å²) in [6.45, 7) is 0. The number of hydrogen-bond donors (Lipinski definition) is 2. The summed E-state index contributed by atoms with van der Waals surface area (Å²) < 4.78 is 0. The van der Waals surface area contributed by atoms with Crippen molar-refractivity contribution in [2.45, 2.75) is 29.4 Å². The van der Waals surface area contributed by atoms with Crippen molar-refractivity contribution >= 4 is 76.7 Å². The molecule has 0 saturated heterocycles. The van der Waals surface area contributed by atoms with Crippen molar-refractivity contribution in [1.29, 1.82) is 0 Å². The van der Waals surface area contributed by atoms with Crippen LogP contribution in [0.5, 0.6) is 0 Å². The SMILES string of the molecule is CSc1c(SN)c(SC)c(SC)c(C(=O)c2ccc(SN)cc2)c1SC. The fourth-order valence-electron chi connectivity index (χ4n) is 2.54. The zero-order valence-electron chi connectivity index (χ0n) is 14.8. The highest BCUT2D eigenvalue weighted by molar-refractivity contribution is 8.04. The van der Waals surface area contributed by atoms with E-state index in [0.717, 1.165) is 34.9 Å². The topological polar surface area (TPSA) is 69.1 Å². The van der Waals surface area contributed by atoms with Gasteiger partial charge in [-0.25, -0.2) is 0 Å². The maximum Gasteiger partial charge on any atom is 0.195 e. The molecule has 2 aromatic rings. The molecule has 9 heteroatoms. The van der Waals surface area contributed by atoms with E-state index < -0.39 is 0 Å². The Labute approximate surface area is 180 Å². The molecule has 0 heterocycles. The van der Waals surface area contributed by atoms with Crippen molar-refractivity contribution in [2.75, 3.05) is 25.0 Å². The summed E-state index contributed by atoms with van der Waals surface area (Å²) in [5.41, 5.74) is 1.44. The number of nitrogens with two attached hydrogens (primary N) is 2. The first kappa shape index (κ1) is 22.4.